The summed E-state index contributed by atoms with van der Waals surface area (Å²) in [6, 6.07) is 11.2. The molecule has 6 heteroatoms. The molecule has 0 amide bonds. The summed E-state index contributed by atoms with van der Waals surface area (Å²) in [4.78, 5) is 4.41. The van der Waals surface area contributed by atoms with Gasteiger partial charge in [-0.25, -0.2) is 0 Å². The number of halogens is 1. The number of benzene rings is 1. The first-order valence-electron chi connectivity index (χ1n) is 7.62. The van der Waals surface area contributed by atoms with Crippen molar-refractivity contribution in [2.75, 3.05) is 13.1 Å². The van der Waals surface area contributed by atoms with Crippen LogP contribution in [0.3, 0.4) is 0 Å². The van der Waals surface area contributed by atoms with E-state index in [0.717, 1.165) is 12.1 Å². The summed E-state index contributed by atoms with van der Waals surface area (Å²) in [5.41, 5.74) is 1.10. The summed E-state index contributed by atoms with van der Waals surface area (Å²) in [5.74, 6) is 1.15. The van der Waals surface area contributed by atoms with Crippen molar-refractivity contribution in [3.05, 3.63) is 59.0 Å². The van der Waals surface area contributed by atoms with Gasteiger partial charge in [-0.3, -0.25) is 4.99 Å². The van der Waals surface area contributed by atoms with E-state index in [1.807, 2.05) is 38.1 Å². The molecule has 0 bridgehead atoms. The van der Waals surface area contributed by atoms with Crippen molar-refractivity contribution in [2.45, 2.75) is 26.0 Å². The number of furan rings is 1. The summed E-state index contributed by atoms with van der Waals surface area (Å²) >= 11 is 5.91. The van der Waals surface area contributed by atoms with Crippen LogP contribution in [0.2, 0.25) is 5.02 Å². The molecule has 1 aromatic heterocycles. The van der Waals surface area contributed by atoms with Gasteiger partial charge in [0.05, 0.1) is 18.8 Å². The molecule has 23 heavy (non-hydrogen) atoms. The Labute approximate surface area is 141 Å². The van der Waals surface area contributed by atoms with Crippen molar-refractivity contribution in [2.24, 2.45) is 4.99 Å². The standard InChI is InChI=1S/C17H22ClN3O2/c1-3-19-17(20-11-15(22)16-5-4-10-23-16)21-12(2)13-6-8-14(18)9-7-13/h4-10,12,15,22H,3,11H2,1-2H3,(H2,19,20,21). The average molecular weight is 336 g/mol. The maximum absolute atomic E-state index is 10.0. The Morgan fingerprint density at radius 1 is 1.30 bits per heavy atom. The zero-order valence-electron chi connectivity index (χ0n) is 13.3. The molecule has 0 aliphatic carbocycles. The number of hydrogen-bond acceptors (Lipinski definition) is 3. The number of nitrogens with zero attached hydrogens (tertiary/aromatic N) is 1. The molecule has 1 heterocycles. The average Bonchev–Trinajstić information content (AvgIpc) is 3.07. The molecule has 0 saturated heterocycles. The van der Waals surface area contributed by atoms with Gasteiger partial charge in [0, 0.05) is 11.6 Å². The van der Waals surface area contributed by atoms with Gasteiger partial charge < -0.3 is 20.2 Å². The molecule has 2 aromatic rings. The van der Waals surface area contributed by atoms with Crippen molar-refractivity contribution >= 4 is 17.6 Å². The number of aliphatic hydroxyl groups is 1. The monoisotopic (exact) mass is 335 g/mol. The Bertz CT molecular complexity index is 611. The van der Waals surface area contributed by atoms with Gasteiger partial charge in [0.2, 0.25) is 0 Å². The van der Waals surface area contributed by atoms with Crippen LogP contribution in [0.4, 0.5) is 0 Å². The zero-order valence-corrected chi connectivity index (χ0v) is 14.0. The van der Waals surface area contributed by atoms with E-state index < -0.39 is 6.10 Å². The van der Waals surface area contributed by atoms with Gasteiger partial charge in [0.15, 0.2) is 5.96 Å². The minimum atomic E-state index is -0.758. The fourth-order valence-electron chi connectivity index (χ4n) is 2.11. The fourth-order valence-corrected chi connectivity index (χ4v) is 2.23. The predicted molar refractivity (Wildman–Crippen MR) is 92.6 cm³/mol. The SMILES string of the molecule is CCNC(=NCC(O)c1ccco1)NC(C)c1ccc(Cl)cc1. The molecule has 0 aliphatic heterocycles. The van der Waals surface area contributed by atoms with Gasteiger partial charge in [-0.1, -0.05) is 23.7 Å². The first-order chi connectivity index (χ1) is 11.1. The summed E-state index contributed by atoms with van der Waals surface area (Å²) in [5, 5.41) is 17.2. The van der Waals surface area contributed by atoms with Crippen molar-refractivity contribution < 1.29 is 9.52 Å². The topological polar surface area (TPSA) is 69.8 Å². The van der Waals surface area contributed by atoms with E-state index in [0.29, 0.717) is 16.7 Å². The Kier molecular flexibility index (Phi) is 6.50. The number of guanidine groups is 1. The molecule has 0 spiro atoms. The van der Waals surface area contributed by atoms with Crippen LogP contribution in [0.5, 0.6) is 0 Å². The third-order valence-corrected chi connectivity index (χ3v) is 3.61. The second kappa shape index (κ2) is 8.60. The Hall–Kier alpha value is -1.98. The molecule has 0 saturated carbocycles. The Morgan fingerprint density at radius 2 is 2.04 bits per heavy atom. The molecule has 5 nitrogen and oxygen atoms in total. The zero-order chi connectivity index (χ0) is 16.7. The van der Waals surface area contributed by atoms with Crippen molar-refractivity contribution in [3.8, 4) is 0 Å². The highest BCUT2D eigenvalue weighted by Crippen LogP contribution is 2.16. The van der Waals surface area contributed by atoms with Gasteiger partial charge in [0.25, 0.3) is 0 Å². The van der Waals surface area contributed by atoms with Crippen molar-refractivity contribution in [1.29, 1.82) is 0 Å². The second-order valence-electron chi connectivity index (χ2n) is 5.17. The first kappa shape index (κ1) is 17.4. The fraction of sp³-hybridized carbons (Fsp3) is 0.353. The van der Waals surface area contributed by atoms with E-state index in [2.05, 4.69) is 15.6 Å². The van der Waals surface area contributed by atoms with E-state index in [1.165, 1.54) is 6.26 Å². The molecular weight excluding hydrogens is 314 g/mol. The Balaban J connectivity index is 1.99. The molecule has 3 N–H and O–H groups in total. The van der Waals surface area contributed by atoms with Gasteiger partial charge in [0.1, 0.15) is 11.9 Å². The van der Waals surface area contributed by atoms with Crippen LogP contribution < -0.4 is 10.6 Å². The van der Waals surface area contributed by atoms with Gasteiger partial charge in [-0.05, 0) is 43.7 Å². The molecule has 124 valence electrons. The molecule has 1 aromatic carbocycles. The number of aliphatic imine (C=N–C) groups is 1. The second-order valence-corrected chi connectivity index (χ2v) is 5.60. The normalized spacial score (nSPS) is 14.3. The molecule has 2 rings (SSSR count). The van der Waals surface area contributed by atoms with E-state index in [4.69, 9.17) is 16.0 Å². The summed E-state index contributed by atoms with van der Waals surface area (Å²) in [6.07, 6.45) is 0.778. The minimum absolute atomic E-state index is 0.0609. The van der Waals surface area contributed by atoms with E-state index in [9.17, 15) is 5.11 Å². The van der Waals surface area contributed by atoms with E-state index in [1.54, 1.807) is 12.1 Å². The lowest BCUT2D eigenvalue weighted by molar-refractivity contribution is 0.158. The minimum Gasteiger partial charge on any atom is -0.467 e. The van der Waals surface area contributed by atoms with Gasteiger partial charge in [-0.2, -0.15) is 0 Å². The number of aliphatic hydroxyl groups excluding tert-OH is 1. The first-order valence-corrected chi connectivity index (χ1v) is 7.99. The maximum atomic E-state index is 10.0. The van der Waals surface area contributed by atoms with Gasteiger partial charge >= 0.3 is 0 Å². The van der Waals surface area contributed by atoms with E-state index >= 15 is 0 Å². The smallest absolute Gasteiger partial charge is 0.191 e. The van der Waals surface area contributed by atoms with Crippen LogP contribution in [0.1, 0.15) is 37.3 Å². The highest BCUT2D eigenvalue weighted by molar-refractivity contribution is 6.30. The third kappa shape index (κ3) is 5.30. The lowest BCUT2D eigenvalue weighted by atomic mass is 10.1. The summed E-state index contributed by atoms with van der Waals surface area (Å²) in [6.45, 7) is 4.98. The summed E-state index contributed by atoms with van der Waals surface area (Å²) in [7, 11) is 0. The number of hydrogen-bond donors (Lipinski definition) is 3. The highest BCUT2D eigenvalue weighted by atomic mass is 35.5. The van der Waals surface area contributed by atoms with Crippen molar-refractivity contribution in [3.63, 3.8) is 0 Å². The predicted octanol–water partition coefficient (Wildman–Crippen LogP) is 3.28. The molecule has 0 radical (unpaired) electrons. The Morgan fingerprint density at radius 3 is 2.65 bits per heavy atom. The summed E-state index contributed by atoms with van der Waals surface area (Å²) < 4.78 is 5.18. The van der Waals surface area contributed by atoms with Crippen LogP contribution >= 0.6 is 11.6 Å². The molecule has 2 unspecified atom stereocenters. The quantitative estimate of drug-likeness (QED) is 0.559. The van der Waals surface area contributed by atoms with Crippen LogP contribution in [0, 0.1) is 0 Å². The molecule has 0 fully saturated rings. The number of rotatable bonds is 6. The van der Waals surface area contributed by atoms with Crippen LogP contribution in [0.15, 0.2) is 52.1 Å². The molecule has 0 aliphatic rings. The lowest BCUT2D eigenvalue weighted by Gasteiger charge is -2.18. The van der Waals surface area contributed by atoms with Crippen LogP contribution in [0.25, 0.3) is 0 Å². The maximum Gasteiger partial charge on any atom is 0.191 e. The third-order valence-electron chi connectivity index (χ3n) is 3.36. The largest absolute Gasteiger partial charge is 0.467 e. The molecular formula is C17H22ClN3O2. The van der Waals surface area contributed by atoms with E-state index in [-0.39, 0.29) is 12.6 Å². The molecule has 2 atom stereocenters. The van der Waals surface area contributed by atoms with Crippen LogP contribution in [-0.4, -0.2) is 24.2 Å². The van der Waals surface area contributed by atoms with Crippen LogP contribution in [-0.2, 0) is 0 Å². The van der Waals surface area contributed by atoms with Gasteiger partial charge in [-0.15, -0.1) is 0 Å². The highest BCUT2D eigenvalue weighted by Gasteiger charge is 2.11. The van der Waals surface area contributed by atoms with Crippen molar-refractivity contribution in [1.82, 2.24) is 10.6 Å². The lowest BCUT2D eigenvalue weighted by Crippen LogP contribution is -2.39. The number of nitrogens with one attached hydrogen (secondary N) is 2.